The zero-order chi connectivity index (χ0) is 8.27. The van der Waals surface area contributed by atoms with Crippen LogP contribution >= 0.6 is 0 Å². The highest BCUT2D eigenvalue weighted by molar-refractivity contribution is 5.76. The van der Waals surface area contributed by atoms with E-state index in [2.05, 4.69) is 16.6 Å². The van der Waals surface area contributed by atoms with Crippen LogP contribution in [0.3, 0.4) is 0 Å². The summed E-state index contributed by atoms with van der Waals surface area (Å²) in [5, 5.41) is 3.06. The van der Waals surface area contributed by atoms with Crippen molar-refractivity contribution in [3.8, 4) is 0 Å². The first kappa shape index (κ1) is 8.27. The molecule has 1 N–H and O–H groups in total. The van der Waals surface area contributed by atoms with Gasteiger partial charge in [-0.15, -0.1) is 0 Å². The summed E-state index contributed by atoms with van der Waals surface area (Å²) in [5.74, 6) is -0.189. The fourth-order valence-corrected chi connectivity index (χ4v) is 1.20. The van der Waals surface area contributed by atoms with Crippen LogP contribution in [0.1, 0.15) is 12.8 Å². The number of carbonyl (C=O) groups is 1. The molecule has 0 unspecified atom stereocenters. The molecule has 0 radical (unpaired) electrons. The lowest BCUT2D eigenvalue weighted by atomic mass is 10.0. The predicted octanol–water partition coefficient (Wildman–Crippen LogP) is 0.468. The molecule has 0 aromatic rings. The Morgan fingerprint density at radius 1 is 1.82 bits per heavy atom. The molecule has 1 atom stereocenters. The molecule has 3 nitrogen and oxygen atoms in total. The van der Waals surface area contributed by atoms with E-state index in [0.29, 0.717) is 6.42 Å². The second kappa shape index (κ2) is 3.53. The van der Waals surface area contributed by atoms with Crippen LogP contribution in [-0.4, -0.2) is 25.7 Å². The molecule has 0 aromatic heterocycles. The van der Waals surface area contributed by atoms with Gasteiger partial charge in [-0.05, 0) is 19.4 Å². The molecule has 1 saturated heterocycles. The van der Waals surface area contributed by atoms with E-state index >= 15 is 0 Å². The molecule has 0 aliphatic carbocycles. The Bertz CT molecular complexity index is 177. The Morgan fingerprint density at radius 3 is 3.09 bits per heavy atom. The van der Waals surface area contributed by atoms with Crippen LogP contribution in [-0.2, 0) is 9.53 Å². The number of methoxy groups -OCH3 is 1. The number of carbonyl (C=O) groups excluding carboxylic acids is 1. The molecule has 0 aromatic carbocycles. The summed E-state index contributed by atoms with van der Waals surface area (Å²) >= 11 is 0. The third-order valence-electron chi connectivity index (χ3n) is 1.85. The number of hydrogen-bond acceptors (Lipinski definition) is 3. The van der Waals surface area contributed by atoms with Crippen molar-refractivity contribution in [1.82, 2.24) is 5.32 Å². The van der Waals surface area contributed by atoms with Crippen LogP contribution in [0.2, 0.25) is 0 Å². The zero-order valence-corrected chi connectivity index (χ0v) is 6.72. The van der Waals surface area contributed by atoms with E-state index in [1.807, 2.05) is 0 Å². The Balaban J connectivity index is 2.45. The fourth-order valence-electron chi connectivity index (χ4n) is 1.20. The molecule has 0 amide bonds. The highest BCUT2D eigenvalue weighted by Gasteiger charge is 2.22. The molecule has 1 heterocycles. The first-order valence-corrected chi connectivity index (χ1v) is 3.72. The average molecular weight is 155 g/mol. The minimum Gasteiger partial charge on any atom is -0.468 e. The second-order valence-electron chi connectivity index (χ2n) is 2.73. The number of nitrogens with one attached hydrogen (secondary N) is 1. The lowest BCUT2D eigenvalue weighted by molar-refractivity contribution is -0.143. The zero-order valence-electron chi connectivity index (χ0n) is 6.72. The van der Waals surface area contributed by atoms with Crippen molar-refractivity contribution in [1.29, 1.82) is 0 Å². The van der Waals surface area contributed by atoms with E-state index in [0.717, 1.165) is 18.5 Å². The first-order chi connectivity index (χ1) is 5.24. The van der Waals surface area contributed by atoms with Crippen molar-refractivity contribution in [2.45, 2.75) is 18.9 Å². The molecule has 11 heavy (non-hydrogen) atoms. The maximum Gasteiger partial charge on any atom is 0.323 e. The highest BCUT2D eigenvalue weighted by atomic mass is 16.5. The molecule has 3 heteroatoms. The molecule has 0 bridgehead atoms. The van der Waals surface area contributed by atoms with Gasteiger partial charge in [0.25, 0.3) is 0 Å². The van der Waals surface area contributed by atoms with Crippen molar-refractivity contribution in [3.63, 3.8) is 0 Å². The lowest BCUT2D eigenvalue weighted by Gasteiger charge is -2.22. The minimum atomic E-state index is -0.189. The van der Waals surface area contributed by atoms with E-state index in [-0.39, 0.29) is 12.0 Å². The topological polar surface area (TPSA) is 38.3 Å². The van der Waals surface area contributed by atoms with Gasteiger partial charge in [0.2, 0.25) is 0 Å². The quantitative estimate of drug-likeness (QED) is 0.442. The van der Waals surface area contributed by atoms with Crippen LogP contribution in [0.5, 0.6) is 0 Å². The number of hydrogen-bond donors (Lipinski definition) is 1. The maximum absolute atomic E-state index is 11.0. The van der Waals surface area contributed by atoms with Gasteiger partial charge in [-0.25, -0.2) is 0 Å². The normalized spacial score (nSPS) is 24.8. The molecule has 1 rings (SSSR count). The molecule has 1 aliphatic heterocycles. The van der Waals surface area contributed by atoms with Crippen LogP contribution in [0.4, 0.5) is 0 Å². The Labute approximate surface area is 66.4 Å². The highest BCUT2D eigenvalue weighted by Crippen LogP contribution is 2.12. The van der Waals surface area contributed by atoms with E-state index in [1.54, 1.807) is 0 Å². The Hall–Kier alpha value is -0.830. The van der Waals surface area contributed by atoms with E-state index in [1.165, 1.54) is 7.11 Å². The number of piperidine rings is 1. The third-order valence-corrected chi connectivity index (χ3v) is 1.85. The van der Waals surface area contributed by atoms with Crippen LogP contribution in [0.25, 0.3) is 0 Å². The summed E-state index contributed by atoms with van der Waals surface area (Å²) in [4.78, 5) is 11.0. The molecule has 0 saturated carbocycles. The van der Waals surface area contributed by atoms with Crippen LogP contribution < -0.4 is 5.32 Å². The van der Waals surface area contributed by atoms with Crippen molar-refractivity contribution in [2.75, 3.05) is 13.7 Å². The summed E-state index contributed by atoms with van der Waals surface area (Å²) in [6.45, 7) is 4.67. The van der Waals surface area contributed by atoms with Gasteiger partial charge < -0.3 is 10.1 Å². The summed E-state index contributed by atoms with van der Waals surface area (Å²) in [6, 6.07) is -0.166. The number of esters is 1. The van der Waals surface area contributed by atoms with E-state index in [4.69, 9.17) is 0 Å². The van der Waals surface area contributed by atoms with Gasteiger partial charge in [0.15, 0.2) is 0 Å². The number of ether oxygens (including phenoxy) is 1. The van der Waals surface area contributed by atoms with Crippen LogP contribution in [0.15, 0.2) is 12.2 Å². The standard InChI is InChI=1S/C8H13NO2/c1-6-3-4-9-7(5-6)8(10)11-2/h7,9H,1,3-5H2,2H3/t7-/m1/s1. The molecule has 0 spiro atoms. The predicted molar refractivity (Wildman–Crippen MR) is 42.2 cm³/mol. The molecule has 1 aliphatic rings. The van der Waals surface area contributed by atoms with Crippen molar-refractivity contribution in [3.05, 3.63) is 12.2 Å². The second-order valence-corrected chi connectivity index (χ2v) is 2.73. The Morgan fingerprint density at radius 2 is 2.55 bits per heavy atom. The summed E-state index contributed by atoms with van der Waals surface area (Å²) < 4.78 is 4.60. The summed E-state index contributed by atoms with van der Waals surface area (Å²) in [6.07, 6.45) is 1.68. The average Bonchev–Trinajstić information content (AvgIpc) is 2.03. The minimum absolute atomic E-state index is 0.166. The first-order valence-electron chi connectivity index (χ1n) is 3.72. The van der Waals surface area contributed by atoms with Gasteiger partial charge >= 0.3 is 5.97 Å². The van der Waals surface area contributed by atoms with Crippen molar-refractivity contribution in [2.24, 2.45) is 0 Å². The SMILES string of the molecule is C=C1CCN[C@@H](C(=O)OC)C1. The van der Waals surface area contributed by atoms with Crippen molar-refractivity contribution < 1.29 is 9.53 Å². The van der Waals surface area contributed by atoms with Gasteiger partial charge in [-0.1, -0.05) is 12.2 Å². The smallest absolute Gasteiger partial charge is 0.323 e. The summed E-state index contributed by atoms with van der Waals surface area (Å²) in [7, 11) is 1.40. The maximum atomic E-state index is 11.0. The van der Waals surface area contributed by atoms with Gasteiger partial charge in [-0.3, -0.25) is 4.79 Å². The van der Waals surface area contributed by atoms with Crippen molar-refractivity contribution >= 4 is 5.97 Å². The third kappa shape index (κ3) is 2.05. The van der Waals surface area contributed by atoms with E-state index in [9.17, 15) is 4.79 Å². The number of rotatable bonds is 1. The van der Waals surface area contributed by atoms with Crippen LogP contribution in [0, 0.1) is 0 Å². The molecular weight excluding hydrogens is 142 g/mol. The molecular formula is C8H13NO2. The van der Waals surface area contributed by atoms with Gasteiger partial charge in [0, 0.05) is 0 Å². The molecule has 1 fully saturated rings. The molecule has 62 valence electrons. The Kier molecular flexibility index (Phi) is 2.65. The van der Waals surface area contributed by atoms with Gasteiger partial charge in [0.05, 0.1) is 7.11 Å². The van der Waals surface area contributed by atoms with E-state index < -0.39 is 0 Å². The fraction of sp³-hybridized carbons (Fsp3) is 0.625. The summed E-state index contributed by atoms with van der Waals surface area (Å²) in [5.41, 5.74) is 1.12. The van der Waals surface area contributed by atoms with Gasteiger partial charge in [-0.2, -0.15) is 0 Å². The lowest BCUT2D eigenvalue weighted by Crippen LogP contribution is -2.41. The monoisotopic (exact) mass is 155 g/mol. The largest absolute Gasteiger partial charge is 0.468 e. The van der Waals surface area contributed by atoms with Gasteiger partial charge in [0.1, 0.15) is 6.04 Å².